The molecule has 0 radical (unpaired) electrons. The first-order chi connectivity index (χ1) is 19.5. The molecule has 3 aliphatic rings. The van der Waals surface area contributed by atoms with E-state index < -0.39 is 0 Å². The van der Waals surface area contributed by atoms with Crippen LogP contribution in [0.1, 0.15) is 50.7 Å². The molecular weight excluding hydrogens is 597 g/mol. The molecule has 0 aromatic heterocycles. The third-order valence-electron chi connectivity index (χ3n) is 8.14. The van der Waals surface area contributed by atoms with E-state index in [1.165, 1.54) is 31.4 Å². The molecule has 6 atom stereocenters. The van der Waals surface area contributed by atoms with E-state index in [2.05, 4.69) is 38.2 Å². The SMILES string of the molecule is CC=CC1CC(C)CC1COC(=O)/C=C/c1ccccc1.O=C(/C=C/c1ccccc1)OCC1CC2C=CC1C2.[Ru]. The number of hydrogen-bond acceptors (Lipinski definition) is 4. The van der Waals surface area contributed by atoms with Gasteiger partial charge in [0.25, 0.3) is 0 Å². The summed E-state index contributed by atoms with van der Waals surface area (Å²) >= 11 is 0. The number of hydrogen-bond donors (Lipinski definition) is 0. The maximum atomic E-state index is 11.8. The maximum absolute atomic E-state index is 11.8. The molecule has 5 rings (SSSR count). The second-order valence-electron chi connectivity index (χ2n) is 11.3. The molecule has 0 N–H and O–H groups in total. The first-order valence-corrected chi connectivity index (χ1v) is 14.6. The molecule has 2 fully saturated rings. The Morgan fingerprint density at radius 1 is 0.756 bits per heavy atom. The van der Waals surface area contributed by atoms with Crippen molar-refractivity contribution in [2.24, 2.45) is 35.5 Å². The van der Waals surface area contributed by atoms with Gasteiger partial charge in [0.05, 0.1) is 13.2 Å². The van der Waals surface area contributed by atoms with Crippen molar-refractivity contribution in [2.75, 3.05) is 13.2 Å². The Balaban J connectivity index is 0.000000221. The van der Waals surface area contributed by atoms with E-state index in [0.717, 1.165) is 29.4 Å². The fourth-order valence-corrected chi connectivity index (χ4v) is 6.14. The Morgan fingerprint density at radius 2 is 1.32 bits per heavy atom. The number of carbonyl (C=O) groups excluding carboxylic acids is 2. The fraction of sp³-hybridized carbons (Fsp3) is 0.389. The number of esters is 2. The molecule has 6 unspecified atom stereocenters. The van der Waals surface area contributed by atoms with Crippen LogP contribution in [0.3, 0.4) is 0 Å². The van der Waals surface area contributed by atoms with Crippen LogP contribution in [0, 0.1) is 35.5 Å². The van der Waals surface area contributed by atoms with E-state index in [-0.39, 0.29) is 31.4 Å². The van der Waals surface area contributed by atoms with E-state index >= 15 is 0 Å². The monoisotopic (exact) mass is 640 g/mol. The number of benzene rings is 2. The van der Waals surface area contributed by atoms with Gasteiger partial charge in [0.15, 0.2) is 0 Å². The van der Waals surface area contributed by atoms with Crippen LogP contribution in [0.4, 0.5) is 0 Å². The largest absolute Gasteiger partial charge is 0.462 e. The number of allylic oxidation sites excluding steroid dienone is 4. The van der Waals surface area contributed by atoms with Gasteiger partial charge in [-0.25, -0.2) is 9.59 Å². The van der Waals surface area contributed by atoms with Gasteiger partial charge < -0.3 is 9.47 Å². The van der Waals surface area contributed by atoms with E-state index in [0.29, 0.717) is 36.9 Å². The minimum absolute atomic E-state index is 0. The van der Waals surface area contributed by atoms with Crippen molar-refractivity contribution in [1.29, 1.82) is 0 Å². The van der Waals surface area contributed by atoms with Crippen LogP contribution in [0.25, 0.3) is 12.2 Å². The van der Waals surface area contributed by atoms with Gasteiger partial charge in [0.1, 0.15) is 0 Å². The summed E-state index contributed by atoms with van der Waals surface area (Å²) in [5, 5.41) is 0. The molecule has 0 heterocycles. The normalized spacial score (nSPS) is 26.2. The Kier molecular flexibility index (Phi) is 13.5. The molecule has 5 heteroatoms. The van der Waals surface area contributed by atoms with Gasteiger partial charge in [0.2, 0.25) is 0 Å². The van der Waals surface area contributed by atoms with Crippen molar-refractivity contribution in [3.8, 4) is 0 Å². The zero-order chi connectivity index (χ0) is 28.2. The second kappa shape index (κ2) is 17.0. The van der Waals surface area contributed by atoms with Crippen LogP contribution in [0.2, 0.25) is 0 Å². The van der Waals surface area contributed by atoms with Crippen LogP contribution < -0.4 is 0 Å². The number of carbonyl (C=O) groups is 2. The fourth-order valence-electron chi connectivity index (χ4n) is 6.14. The molecule has 4 nitrogen and oxygen atoms in total. The van der Waals surface area contributed by atoms with E-state index in [9.17, 15) is 9.59 Å². The zero-order valence-corrected chi connectivity index (χ0v) is 25.8. The van der Waals surface area contributed by atoms with Crippen LogP contribution in [-0.4, -0.2) is 25.2 Å². The molecule has 2 aromatic rings. The van der Waals surface area contributed by atoms with Crippen molar-refractivity contribution in [3.05, 3.63) is 108 Å². The average Bonchev–Trinajstić information content (AvgIpc) is 3.70. The van der Waals surface area contributed by atoms with Gasteiger partial charge in [-0.3, -0.25) is 0 Å². The first-order valence-electron chi connectivity index (χ1n) is 14.6. The van der Waals surface area contributed by atoms with E-state index in [4.69, 9.17) is 9.47 Å². The van der Waals surface area contributed by atoms with Crippen molar-refractivity contribution in [2.45, 2.75) is 39.5 Å². The molecule has 218 valence electrons. The molecule has 41 heavy (non-hydrogen) atoms. The molecule has 2 bridgehead atoms. The maximum Gasteiger partial charge on any atom is 0.330 e. The number of rotatable bonds is 9. The third-order valence-corrected chi connectivity index (χ3v) is 8.14. The third kappa shape index (κ3) is 10.7. The van der Waals surface area contributed by atoms with Crippen LogP contribution in [-0.2, 0) is 38.5 Å². The van der Waals surface area contributed by atoms with Crippen LogP contribution in [0.5, 0.6) is 0 Å². The molecule has 3 aliphatic carbocycles. The van der Waals surface area contributed by atoms with E-state index in [1.54, 1.807) is 12.2 Å². The second-order valence-corrected chi connectivity index (χ2v) is 11.3. The Labute approximate surface area is 258 Å². The molecular formula is C36H42O4Ru. The number of ether oxygens (including phenoxy) is 2. The molecule has 0 aliphatic heterocycles. The number of fused-ring (bicyclic) bond motifs is 2. The topological polar surface area (TPSA) is 52.6 Å². The van der Waals surface area contributed by atoms with Crippen molar-refractivity contribution >= 4 is 24.1 Å². The van der Waals surface area contributed by atoms with Crippen molar-refractivity contribution in [3.63, 3.8) is 0 Å². The minimum atomic E-state index is -0.252. The van der Waals surface area contributed by atoms with Gasteiger partial charge in [-0.1, -0.05) is 91.9 Å². The molecule has 0 amide bonds. The summed E-state index contributed by atoms with van der Waals surface area (Å²) in [6, 6.07) is 19.6. The summed E-state index contributed by atoms with van der Waals surface area (Å²) in [7, 11) is 0. The Morgan fingerprint density at radius 3 is 1.80 bits per heavy atom. The van der Waals surface area contributed by atoms with Crippen molar-refractivity contribution in [1.82, 2.24) is 0 Å². The predicted molar refractivity (Wildman–Crippen MR) is 162 cm³/mol. The molecule has 0 saturated heterocycles. The first kappa shape index (κ1) is 32.5. The Hall–Kier alpha value is -3.04. The average molecular weight is 640 g/mol. The van der Waals surface area contributed by atoms with Crippen LogP contribution >= 0.6 is 0 Å². The van der Waals surface area contributed by atoms with Gasteiger partial charge in [-0.2, -0.15) is 0 Å². The smallest absolute Gasteiger partial charge is 0.330 e. The summed E-state index contributed by atoms with van der Waals surface area (Å²) in [4.78, 5) is 23.4. The van der Waals surface area contributed by atoms with Crippen LogP contribution in [0.15, 0.2) is 97.1 Å². The zero-order valence-electron chi connectivity index (χ0n) is 24.1. The standard InChI is InChI=1S/C19H24O2.C17H18O2.Ru/c1-3-7-17-12-15(2)13-18(17)14-21-19(20)11-10-16-8-5-4-6-9-16;18-17(9-7-13-4-2-1-3-5-13)19-12-16-11-14-6-8-15(16)10-14;/h3-11,15,17-18H,12-14H2,1-2H3;1-9,14-16H,10-12H2;/b7-3?,11-10+;9-7+;. The summed E-state index contributed by atoms with van der Waals surface area (Å²) in [5.41, 5.74) is 2.03. The van der Waals surface area contributed by atoms with E-state index in [1.807, 2.05) is 60.7 Å². The Bertz CT molecular complexity index is 1200. The summed E-state index contributed by atoms with van der Waals surface area (Å²) < 4.78 is 10.8. The van der Waals surface area contributed by atoms with Gasteiger partial charge >= 0.3 is 11.9 Å². The van der Waals surface area contributed by atoms with Gasteiger partial charge in [-0.15, -0.1) is 0 Å². The summed E-state index contributed by atoms with van der Waals surface area (Å²) in [6.07, 6.45) is 20.3. The summed E-state index contributed by atoms with van der Waals surface area (Å²) in [5.74, 6) is 3.14. The molecule has 2 saturated carbocycles. The van der Waals surface area contributed by atoms with Gasteiger partial charge in [-0.05, 0) is 91.4 Å². The van der Waals surface area contributed by atoms with Crippen molar-refractivity contribution < 1.29 is 38.5 Å². The molecule has 0 spiro atoms. The van der Waals surface area contributed by atoms with Gasteiger partial charge in [0, 0.05) is 31.6 Å². The summed E-state index contributed by atoms with van der Waals surface area (Å²) in [6.45, 7) is 5.41. The quantitative estimate of drug-likeness (QED) is 0.121. The molecule has 2 aromatic carbocycles. The minimum Gasteiger partial charge on any atom is -0.462 e. The predicted octanol–water partition coefficient (Wildman–Crippen LogP) is 7.93.